The zero-order valence-electron chi connectivity index (χ0n) is 7.93. The number of nitrogens with one attached hydrogen (secondary N) is 1. The average Bonchev–Trinajstić information content (AvgIpc) is 2.16. The minimum Gasteiger partial charge on any atom is -0.396 e. The molecule has 14 heavy (non-hydrogen) atoms. The van der Waals surface area contributed by atoms with Crippen LogP contribution in [0.3, 0.4) is 0 Å². The second kappa shape index (κ2) is 5.29. The Morgan fingerprint density at radius 3 is 2.79 bits per heavy atom. The maximum absolute atomic E-state index is 13.4. The van der Waals surface area contributed by atoms with E-state index in [2.05, 4.69) is 5.32 Å². The Bertz CT molecular complexity index is 286. The maximum Gasteiger partial charge on any atom is 0.129 e. The van der Waals surface area contributed by atoms with Crippen molar-refractivity contribution in [1.82, 2.24) is 5.32 Å². The highest BCUT2D eigenvalue weighted by Crippen LogP contribution is 2.27. The number of aliphatic hydroxyl groups is 1. The topological polar surface area (TPSA) is 32.3 Å². The molecule has 2 nitrogen and oxygen atoms in total. The lowest BCUT2D eigenvalue weighted by atomic mass is 10.0. The van der Waals surface area contributed by atoms with E-state index in [-0.39, 0.29) is 18.5 Å². The third kappa shape index (κ3) is 2.44. The van der Waals surface area contributed by atoms with E-state index in [1.165, 1.54) is 6.07 Å². The van der Waals surface area contributed by atoms with Gasteiger partial charge in [-0.2, -0.15) is 0 Å². The molecule has 0 saturated heterocycles. The van der Waals surface area contributed by atoms with Gasteiger partial charge in [-0.15, -0.1) is 0 Å². The molecule has 1 rings (SSSR count). The van der Waals surface area contributed by atoms with Gasteiger partial charge >= 0.3 is 0 Å². The van der Waals surface area contributed by atoms with Crippen molar-refractivity contribution in [3.05, 3.63) is 34.6 Å². The van der Waals surface area contributed by atoms with Crippen molar-refractivity contribution in [3.63, 3.8) is 0 Å². The van der Waals surface area contributed by atoms with Gasteiger partial charge in [0.2, 0.25) is 0 Å². The second-order valence-electron chi connectivity index (χ2n) is 2.99. The van der Waals surface area contributed by atoms with Crippen LogP contribution in [0.25, 0.3) is 0 Å². The van der Waals surface area contributed by atoms with Gasteiger partial charge in [0.25, 0.3) is 0 Å². The Labute approximate surface area is 87.7 Å². The molecule has 1 unspecified atom stereocenters. The number of hydrogen-bond acceptors (Lipinski definition) is 2. The number of hydrogen-bond donors (Lipinski definition) is 2. The molecule has 0 bridgehead atoms. The first kappa shape index (κ1) is 11.4. The van der Waals surface area contributed by atoms with E-state index in [0.717, 1.165) is 0 Å². The largest absolute Gasteiger partial charge is 0.396 e. The number of rotatable bonds is 4. The molecule has 1 aromatic carbocycles. The number of benzene rings is 1. The molecule has 1 aromatic rings. The van der Waals surface area contributed by atoms with Crippen molar-refractivity contribution in [3.8, 4) is 0 Å². The van der Waals surface area contributed by atoms with Crippen LogP contribution in [0.5, 0.6) is 0 Å². The highest BCUT2D eigenvalue weighted by Gasteiger charge is 2.16. The van der Waals surface area contributed by atoms with Gasteiger partial charge in [-0.1, -0.05) is 17.7 Å². The smallest absolute Gasteiger partial charge is 0.129 e. The summed E-state index contributed by atoms with van der Waals surface area (Å²) in [4.78, 5) is 0. The Morgan fingerprint density at radius 1 is 1.57 bits per heavy atom. The lowest BCUT2D eigenvalue weighted by Crippen LogP contribution is -2.19. The van der Waals surface area contributed by atoms with Gasteiger partial charge in [0.15, 0.2) is 0 Å². The second-order valence-corrected chi connectivity index (χ2v) is 3.40. The fraction of sp³-hybridized carbons (Fsp3) is 0.400. The number of aliphatic hydroxyl groups excluding tert-OH is 1. The van der Waals surface area contributed by atoms with E-state index in [9.17, 15) is 4.39 Å². The Kier molecular flexibility index (Phi) is 4.32. The van der Waals surface area contributed by atoms with Gasteiger partial charge in [0.1, 0.15) is 5.82 Å². The van der Waals surface area contributed by atoms with Crippen LogP contribution < -0.4 is 5.32 Å². The predicted octanol–water partition coefficient (Wildman–Crippen LogP) is 2.12. The monoisotopic (exact) mass is 217 g/mol. The Hall–Kier alpha value is -0.640. The summed E-state index contributed by atoms with van der Waals surface area (Å²) in [6, 6.07) is 4.32. The normalized spacial score (nSPS) is 12.9. The molecular weight excluding hydrogens is 205 g/mol. The van der Waals surface area contributed by atoms with E-state index in [1.807, 2.05) is 0 Å². The first-order valence-electron chi connectivity index (χ1n) is 4.42. The van der Waals surface area contributed by atoms with Crippen molar-refractivity contribution in [1.29, 1.82) is 0 Å². The molecule has 1 atom stereocenters. The van der Waals surface area contributed by atoms with Crippen LogP contribution in [-0.4, -0.2) is 18.8 Å². The summed E-state index contributed by atoms with van der Waals surface area (Å²) in [7, 11) is 1.71. The zero-order valence-corrected chi connectivity index (χ0v) is 8.68. The van der Waals surface area contributed by atoms with Crippen molar-refractivity contribution in [2.24, 2.45) is 0 Å². The molecule has 2 N–H and O–H groups in total. The third-order valence-electron chi connectivity index (χ3n) is 2.11. The van der Waals surface area contributed by atoms with E-state index < -0.39 is 0 Å². The lowest BCUT2D eigenvalue weighted by molar-refractivity contribution is 0.267. The minimum absolute atomic E-state index is 0.00380. The molecule has 0 radical (unpaired) electrons. The summed E-state index contributed by atoms with van der Waals surface area (Å²) >= 11 is 5.88. The Balaban J connectivity index is 3.02. The third-order valence-corrected chi connectivity index (χ3v) is 2.44. The molecule has 0 aliphatic heterocycles. The highest BCUT2D eigenvalue weighted by atomic mass is 35.5. The van der Waals surface area contributed by atoms with Crippen LogP contribution in [0, 0.1) is 5.82 Å². The fourth-order valence-electron chi connectivity index (χ4n) is 1.41. The van der Waals surface area contributed by atoms with Crippen LogP contribution >= 0.6 is 11.6 Å². The van der Waals surface area contributed by atoms with Gasteiger partial charge in [0.05, 0.1) is 0 Å². The quantitative estimate of drug-likeness (QED) is 0.810. The summed E-state index contributed by atoms with van der Waals surface area (Å²) in [5, 5.41) is 12.1. The summed E-state index contributed by atoms with van der Waals surface area (Å²) in [5.41, 5.74) is 0.422. The van der Waals surface area contributed by atoms with E-state index in [4.69, 9.17) is 16.7 Å². The summed E-state index contributed by atoms with van der Waals surface area (Å²) in [6.07, 6.45) is 0.442. The fourth-order valence-corrected chi connectivity index (χ4v) is 1.70. The zero-order chi connectivity index (χ0) is 10.6. The van der Waals surface area contributed by atoms with Crippen molar-refractivity contribution in [2.45, 2.75) is 12.5 Å². The summed E-state index contributed by atoms with van der Waals surface area (Å²) < 4.78 is 13.4. The predicted molar refractivity (Wildman–Crippen MR) is 54.9 cm³/mol. The van der Waals surface area contributed by atoms with Gasteiger partial charge in [-0.25, -0.2) is 4.39 Å². The molecule has 0 spiro atoms. The van der Waals surface area contributed by atoms with Gasteiger partial charge in [0, 0.05) is 23.2 Å². The highest BCUT2D eigenvalue weighted by molar-refractivity contribution is 6.31. The molecule has 0 aliphatic rings. The van der Waals surface area contributed by atoms with Gasteiger partial charge in [-0.3, -0.25) is 0 Å². The van der Waals surface area contributed by atoms with E-state index >= 15 is 0 Å². The molecular formula is C10H13ClFNO. The molecule has 4 heteroatoms. The Morgan fingerprint density at radius 2 is 2.29 bits per heavy atom. The average molecular weight is 218 g/mol. The van der Waals surface area contributed by atoms with Crippen LogP contribution in [0.4, 0.5) is 4.39 Å². The lowest BCUT2D eigenvalue weighted by Gasteiger charge is -2.17. The first-order valence-corrected chi connectivity index (χ1v) is 4.80. The molecule has 0 saturated carbocycles. The van der Waals surface area contributed by atoms with Crippen LogP contribution in [0.1, 0.15) is 18.0 Å². The summed E-state index contributed by atoms with van der Waals surface area (Å²) in [6.45, 7) is -0.00380. The SMILES string of the molecule is CNC(CCO)c1c(F)cccc1Cl. The van der Waals surface area contributed by atoms with Crippen molar-refractivity contribution < 1.29 is 9.50 Å². The molecule has 0 fully saturated rings. The van der Waals surface area contributed by atoms with E-state index in [0.29, 0.717) is 17.0 Å². The molecule has 78 valence electrons. The minimum atomic E-state index is -0.342. The van der Waals surface area contributed by atoms with E-state index in [1.54, 1.807) is 19.2 Å². The number of halogens is 2. The van der Waals surface area contributed by atoms with Crippen LogP contribution in [0.15, 0.2) is 18.2 Å². The van der Waals surface area contributed by atoms with Crippen LogP contribution in [-0.2, 0) is 0 Å². The van der Waals surface area contributed by atoms with Crippen molar-refractivity contribution in [2.75, 3.05) is 13.7 Å². The standard InChI is InChI=1S/C10H13ClFNO/c1-13-9(5-6-14)10-7(11)3-2-4-8(10)12/h2-4,9,13-14H,5-6H2,1H3. The van der Waals surface area contributed by atoms with Crippen LogP contribution in [0.2, 0.25) is 5.02 Å². The molecule has 0 aromatic heterocycles. The first-order chi connectivity index (χ1) is 6.70. The van der Waals surface area contributed by atoms with Gasteiger partial charge < -0.3 is 10.4 Å². The molecule has 0 amide bonds. The molecule has 0 aliphatic carbocycles. The summed E-state index contributed by atoms with van der Waals surface area (Å²) in [5.74, 6) is -0.342. The molecule has 0 heterocycles. The van der Waals surface area contributed by atoms with Crippen molar-refractivity contribution >= 4 is 11.6 Å². The maximum atomic E-state index is 13.4. The van der Waals surface area contributed by atoms with Gasteiger partial charge in [-0.05, 0) is 25.6 Å².